The normalized spacial score (nSPS) is 18.8. The third-order valence-electron chi connectivity index (χ3n) is 4.39. The first-order valence-electron chi connectivity index (χ1n) is 8.81. The van der Waals surface area contributed by atoms with E-state index in [1.165, 1.54) is 18.3 Å². The van der Waals surface area contributed by atoms with Gasteiger partial charge in [0.15, 0.2) is 5.82 Å². The second-order valence-electron chi connectivity index (χ2n) is 6.57. The molecule has 0 spiro atoms. The number of halogens is 2. The average Bonchev–Trinajstić information content (AvgIpc) is 3.06. The summed E-state index contributed by atoms with van der Waals surface area (Å²) in [5.41, 5.74) is 0.610. The van der Waals surface area contributed by atoms with Crippen molar-refractivity contribution in [2.45, 2.75) is 13.0 Å². The monoisotopic (exact) mass is 384 g/mol. The molecule has 1 aliphatic rings. The molecular weight excluding hydrogens is 366 g/mol. The van der Waals surface area contributed by atoms with E-state index in [1.807, 2.05) is 0 Å². The van der Waals surface area contributed by atoms with Crippen LogP contribution in [0.15, 0.2) is 42.7 Å². The van der Waals surface area contributed by atoms with Crippen LogP contribution in [0.4, 0.5) is 26.4 Å². The number of nitrogens with one attached hydrogen (secondary N) is 2. The molecule has 2 aromatic heterocycles. The van der Waals surface area contributed by atoms with Crippen molar-refractivity contribution in [2.24, 2.45) is 5.92 Å². The van der Waals surface area contributed by atoms with Gasteiger partial charge >= 0.3 is 0 Å². The van der Waals surface area contributed by atoms with E-state index in [4.69, 9.17) is 4.74 Å². The first kappa shape index (κ1) is 18.2. The second kappa shape index (κ2) is 7.81. The third-order valence-corrected chi connectivity index (χ3v) is 4.39. The van der Waals surface area contributed by atoms with Crippen molar-refractivity contribution in [1.82, 2.24) is 19.9 Å². The molecule has 9 heteroatoms. The minimum Gasteiger partial charge on any atom is -0.379 e. The molecule has 144 valence electrons. The summed E-state index contributed by atoms with van der Waals surface area (Å²) in [6.07, 6.45) is 2.54. The molecule has 3 aromatic rings. The van der Waals surface area contributed by atoms with E-state index in [9.17, 15) is 8.78 Å². The summed E-state index contributed by atoms with van der Waals surface area (Å²) in [5, 5.41) is 6.11. The van der Waals surface area contributed by atoms with E-state index in [0.29, 0.717) is 18.9 Å². The van der Waals surface area contributed by atoms with Gasteiger partial charge in [-0.25, -0.2) is 8.78 Å². The molecule has 1 aliphatic heterocycles. The van der Waals surface area contributed by atoms with Crippen molar-refractivity contribution < 1.29 is 13.5 Å². The number of hydrogen-bond acceptors (Lipinski definition) is 7. The quantitative estimate of drug-likeness (QED) is 0.697. The molecule has 0 radical (unpaired) electrons. The van der Waals surface area contributed by atoms with Crippen LogP contribution in [0.5, 0.6) is 0 Å². The Labute approximate surface area is 160 Å². The number of rotatable bonds is 5. The molecule has 1 saturated heterocycles. The van der Waals surface area contributed by atoms with E-state index < -0.39 is 11.6 Å². The fourth-order valence-electron chi connectivity index (χ4n) is 2.88. The highest BCUT2D eigenvalue weighted by Gasteiger charge is 2.25. The zero-order chi connectivity index (χ0) is 19.5. The summed E-state index contributed by atoms with van der Waals surface area (Å²) in [6, 6.07) is 7.51. The molecule has 0 bridgehead atoms. The predicted octanol–water partition coefficient (Wildman–Crippen LogP) is 3.40. The van der Waals surface area contributed by atoms with Gasteiger partial charge in [0.2, 0.25) is 11.9 Å². The predicted molar refractivity (Wildman–Crippen MR) is 100 cm³/mol. The van der Waals surface area contributed by atoms with Gasteiger partial charge < -0.3 is 15.4 Å². The van der Waals surface area contributed by atoms with Crippen LogP contribution >= 0.6 is 0 Å². The standard InChI is InChI=1S/C19H18F2N6O/c1-11-9-28-10-16(11)24-19-26-17(14-4-2-3-5-15(14)21)25-18(27-19)23-13-6-12(20)7-22-8-13/h2-8,11,16H,9-10H2,1H3,(H2,23,24,25,26,27). The number of ether oxygens (including phenoxy) is 1. The molecule has 0 aliphatic carbocycles. The number of benzene rings is 1. The van der Waals surface area contributed by atoms with E-state index in [-0.39, 0.29) is 35.2 Å². The second-order valence-corrected chi connectivity index (χ2v) is 6.57. The van der Waals surface area contributed by atoms with Crippen LogP contribution in [0.25, 0.3) is 11.4 Å². The lowest BCUT2D eigenvalue weighted by Crippen LogP contribution is -2.27. The topological polar surface area (TPSA) is 84.9 Å². The molecule has 2 atom stereocenters. The number of nitrogens with zero attached hydrogens (tertiary/aromatic N) is 4. The summed E-state index contributed by atoms with van der Waals surface area (Å²) >= 11 is 0. The maximum atomic E-state index is 14.3. The largest absolute Gasteiger partial charge is 0.379 e. The van der Waals surface area contributed by atoms with Crippen LogP contribution in [-0.2, 0) is 4.74 Å². The Kier molecular flexibility index (Phi) is 5.07. The van der Waals surface area contributed by atoms with Gasteiger partial charge in [-0.15, -0.1) is 0 Å². The number of aromatic nitrogens is 4. The maximum Gasteiger partial charge on any atom is 0.232 e. The van der Waals surface area contributed by atoms with Crippen molar-refractivity contribution >= 4 is 17.6 Å². The zero-order valence-corrected chi connectivity index (χ0v) is 15.1. The smallest absolute Gasteiger partial charge is 0.232 e. The first-order valence-corrected chi connectivity index (χ1v) is 8.81. The Morgan fingerprint density at radius 3 is 2.61 bits per heavy atom. The van der Waals surface area contributed by atoms with Crippen molar-refractivity contribution in [2.75, 3.05) is 23.8 Å². The Balaban J connectivity index is 1.71. The highest BCUT2D eigenvalue weighted by Crippen LogP contribution is 2.24. The lowest BCUT2D eigenvalue weighted by atomic mass is 10.1. The Morgan fingerprint density at radius 1 is 1.04 bits per heavy atom. The highest BCUT2D eigenvalue weighted by atomic mass is 19.1. The third kappa shape index (κ3) is 4.04. The molecule has 28 heavy (non-hydrogen) atoms. The molecule has 2 N–H and O–H groups in total. The number of anilines is 3. The van der Waals surface area contributed by atoms with E-state index in [1.54, 1.807) is 18.2 Å². The van der Waals surface area contributed by atoms with Gasteiger partial charge in [0.05, 0.1) is 42.9 Å². The van der Waals surface area contributed by atoms with Gasteiger partial charge in [-0.1, -0.05) is 19.1 Å². The SMILES string of the molecule is CC1COCC1Nc1nc(Nc2cncc(F)c2)nc(-c2ccccc2F)n1. The molecule has 1 aromatic carbocycles. The van der Waals surface area contributed by atoms with Gasteiger partial charge in [-0.2, -0.15) is 15.0 Å². The lowest BCUT2D eigenvalue weighted by molar-refractivity contribution is 0.187. The summed E-state index contributed by atoms with van der Waals surface area (Å²) in [5.74, 6) is -0.0806. The van der Waals surface area contributed by atoms with Gasteiger partial charge in [0.25, 0.3) is 0 Å². The van der Waals surface area contributed by atoms with Crippen molar-refractivity contribution in [3.8, 4) is 11.4 Å². The summed E-state index contributed by atoms with van der Waals surface area (Å²) in [7, 11) is 0. The van der Waals surface area contributed by atoms with Gasteiger partial charge in [-0.05, 0) is 12.1 Å². The number of hydrogen-bond donors (Lipinski definition) is 2. The van der Waals surface area contributed by atoms with Crippen LogP contribution in [0.1, 0.15) is 6.92 Å². The van der Waals surface area contributed by atoms with Crippen LogP contribution in [0.2, 0.25) is 0 Å². The van der Waals surface area contributed by atoms with Crippen molar-refractivity contribution in [3.05, 3.63) is 54.4 Å². The Morgan fingerprint density at radius 2 is 1.86 bits per heavy atom. The highest BCUT2D eigenvalue weighted by molar-refractivity contribution is 5.61. The molecule has 0 amide bonds. The molecule has 0 saturated carbocycles. The van der Waals surface area contributed by atoms with Gasteiger partial charge in [0, 0.05) is 12.0 Å². The summed E-state index contributed by atoms with van der Waals surface area (Å²) in [4.78, 5) is 16.8. The Bertz CT molecular complexity index is 986. The number of pyridine rings is 1. The fraction of sp³-hybridized carbons (Fsp3) is 0.263. The molecule has 4 rings (SSSR count). The van der Waals surface area contributed by atoms with Crippen molar-refractivity contribution in [1.29, 1.82) is 0 Å². The summed E-state index contributed by atoms with van der Waals surface area (Å²) in [6.45, 7) is 3.22. The van der Waals surface area contributed by atoms with Gasteiger partial charge in [0.1, 0.15) is 11.6 Å². The molecule has 1 fully saturated rings. The minimum atomic E-state index is -0.497. The van der Waals surface area contributed by atoms with Crippen LogP contribution in [-0.4, -0.2) is 39.2 Å². The van der Waals surface area contributed by atoms with Crippen LogP contribution < -0.4 is 10.6 Å². The average molecular weight is 384 g/mol. The maximum absolute atomic E-state index is 14.3. The molecule has 7 nitrogen and oxygen atoms in total. The first-order chi connectivity index (χ1) is 13.6. The zero-order valence-electron chi connectivity index (χ0n) is 15.1. The summed E-state index contributed by atoms with van der Waals surface area (Å²) < 4.78 is 33.1. The molecule has 3 heterocycles. The van der Waals surface area contributed by atoms with Crippen LogP contribution in [0, 0.1) is 17.6 Å². The molecular formula is C19H18F2N6O. The van der Waals surface area contributed by atoms with Gasteiger partial charge in [-0.3, -0.25) is 4.98 Å². The molecule has 2 unspecified atom stereocenters. The van der Waals surface area contributed by atoms with E-state index in [2.05, 4.69) is 37.5 Å². The Hall–Kier alpha value is -3.20. The lowest BCUT2D eigenvalue weighted by Gasteiger charge is -2.16. The fourth-order valence-corrected chi connectivity index (χ4v) is 2.88. The van der Waals surface area contributed by atoms with Crippen molar-refractivity contribution in [3.63, 3.8) is 0 Å². The van der Waals surface area contributed by atoms with E-state index in [0.717, 1.165) is 6.20 Å². The van der Waals surface area contributed by atoms with E-state index >= 15 is 0 Å². The van der Waals surface area contributed by atoms with Crippen LogP contribution in [0.3, 0.4) is 0 Å². The minimum absolute atomic E-state index is 0.0274.